The van der Waals surface area contributed by atoms with Crippen molar-refractivity contribution in [2.24, 2.45) is 0 Å². The highest BCUT2D eigenvalue weighted by Crippen LogP contribution is 2.34. The number of hydrogen-bond acceptors (Lipinski definition) is 3. The monoisotopic (exact) mass is 527 g/mol. The van der Waals surface area contributed by atoms with Gasteiger partial charge in [-0.25, -0.2) is 0 Å². The fourth-order valence-electron chi connectivity index (χ4n) is 2.88. The SMILES string of the molecule is COc1cc(CNCCc2ccc(Cl)cc2)c(Br)cc1OCc1ccc(Cl)c(Cl)c1. The minimum absolute atomic E-state index is 0.360. The first kappa shape index (κ1) is 23.2. The smallest absolute Gasteiger partial charge is 0.162 e. The van der Waals surface area contributed by atoms with E-state index in [1.54, 1.807) is 19.2 Å². The molecule has 0 radical (unpaired) electrons. The molecule has 7 heteroatoms. The first-order chi connectivity index (χ1) is 14.5. The fraction of sp³-hybridized carbons (Fsp3) is 0.217. The van der Waals surface area contributed by atoms with Gasteiger partial charge in [0.2, 0.25) is 0 Å². The summed E-state index contributed by atoms with van der Waals surface area (Å²) in [6.45, 7) is 1.92. The number of benzene rings is 3. The van der Waals surface area contributed by atoms with Crippen molar-refractivity contribution in [2.45, 2.75) is 19.6 Å². The van der Waals surface area contributed by atoms with Crippen molar-refractivity contribution in [3.8, 4) is 11.5 Å². The average Bonchev–Trinajstić information content (AvgIpc) is 2.74. The Labute approximate surface area is 200 Å². The van der Waals surface area contributed by atoms with Gasteiger partial charge in [0, 0.05) is 16.0 Å². The molecule has 0 bridgehead atoms. The standard InChI is InChI=1S/C23H21BrCl3NO2/c1-29-22-11-17(13-28-9-8-15-2-5-18(25)6-3-15)19(24)12-23(22)30-14-16-4-7-20(26)21(27)10-16/h2-7,10-12,28H,8-9,13-14H2,1H3. The summed E-state index contributed by atoms with van der Waals surface area (Å²) in [5.74, 6) is 1.33. The van der Waals surface area contributed by atoms with Crippen molar-refractivity contribution in [2.75, 3.05) is 13.7 Å². The lowest BCUT2D eigenvalue weighted by Gasteiger charge is -2.15. The molecular formula is C23H21BrCl3NO2. The number of rotatable bonds is 9. The Balaban J connectivity index is 1.58. The van der Waals surface area contributed by atoms with Gasteiger partial charge < -0.3 is 14.8 Å². The summed E-state index contributed by atoms with van der Waals surface area (Å²) in [6.07, 6.45) is 0.927. The molecule has 3 rings (SSSR count). The lowest BCUT2D eigenvalue weighted by molar-refractivity contribution is 0.284. The summed E-state index contributed by atoms with van der Waals surface area (Å²) in [6, 6.07) is 17.2. The van der Waals surface area contributed by atoms with Crippen LogP contribution in [0.2, 0.25) is 15.1 Å². The van der Waals surface area contributed by atoms with Crippen LogP contribution in [0.25, 0.3) is 0 Å². The van der Waals surface area contributed by atoms with E-state index in [0.717, 1.165) is 33.6 Å². The molecule has 0 unspecified atom stereocenters. The molecule has 30 heavy (non-hydrogen) atoms. The molecule has 3 aromatic rings. The maximum atomic E-state index is 6.07. The molecule has 0 aromatic heterocycles. The third-order valence-electron chi connectivity index (χ3n) is 4.53. The normalized spacial score (nSPS) is 10.8. The van der Waals surface area contributed by atoms with Crippen LogP contribution < -0.4 is 14.8 Å². The summed E-state index contributed by atoms with van der Waals surface area (Å²) in [5, 5.41) is 5.24. The lowest BCUT2D eigenvalue weighted by Crippen LogP contribution is -2.17. The molecule has 0 amide bonds. The van der Waals surface area contributed by atoms with Crippen molar-refractivity contribution in [3.05, 3.63) is 90.8 Å². The predicted octanol–water partition coefficient (Wildman–Crippen LogP) is 7.33. The van der Waals surface area contributed by atoms with E-state index in [1.165, 1.54) is 5.56 Å². The molecular weight excluding hydrogens is 509 g/mol. The van der Waals surface area contributed by atoms with Gasteiger partial charge in [0.05, 0.1) is 17.2 Å². The number of hydrogen-bond donors (Lipinski definition) is 1. The van der Waals surface area contributed by atoms with Gasteiger partial charge in [-0.15, -0.1) is 0 Å². The second-order valence-electron chi connectivity index (χ2n) is 6.68. The van der Waals surface area contributed by atoms with Crippen molar-refractivity contribution < 1.29 is 9.47 Å². The Kier molecular flexibility index (Phi) is 8.72. The molecule has 3 aromatic carbocycles. The second-order valence-corrected chi connectivity index (χ2v) is 8.79. The molecule has 0 spiro atoms. The van der Waals surface area contributed by atoms with Crippen molar-refractivity contribution in [3.63, 3.8) is 0 Å². The summed E-state index contributed by atoms with van der Waals surface area (Å²) in [7, 11) is 1.63. The average molecular weight is 530 g/mol. The van der Waals surface area contributed by atoms with Crippen molar-refractivity contribution in [1.82, 2.24) is 5.32 Å². The van der Waals surface area contributed by atoms with E-state index in [1.807, 2.05) is 42.5 Å². The van der Waals surface area contributed by atoms with Gasteiger partial charge in [-0.2, -0.15) is 0 Å². The van der Waals surface area contributed by atoms with Gasteiger partial charge in [0.25, 0.3) is 0 Å². The van der Waals surface area contributed by atoms with Crippen LogP contribution in [0.15, 0.2) is 59.1 Å². The quantitative estimate of drug-likeness (QED) is 0.295. The summed E-state index contributed by atoms with van der Waals surface area (Å²) in [4.78, 5) is 0. The first-order valence-corrected chi connectivity index (χ1v) is 11.3. The van der Waals surface area contributed by atoms with Crippen molar-refractivity contribution in [1.29, 1.82) is 0 Å². The topological polar surface area (TPSA) is 30.5 Å². The van der Waals surface area contributed by atoms with Crippen LogP contribution in [0, 0.1) is 0 Å². The van der Waals surface area contributed by atoms with Crippen molar-refractivity contribution >= 4 is 50.7 Å². The first-order valence-electron chi connectivity index (χ1n) is 9.34. The third kappa shape index (κ3) is 6.53. The van der Waals surface area contributed by atoms with Crippen LogP contribution in [0.5, 0.6) is 11.5 Å². The fourth-order valence-corrected chi connectivity index (χ4v) is 3.79. The number of methoxy groups -OCH3 is 1. The van der Waals surface area contributed by atoms with Crippen LogP contribution in [0.4, 0.5) is 0 Å². The van der Waals surface area contributed by atoms with E-state index in [4.69, 9.17) is 44.3 Å². The van der Waals surface area contributed by atoms with Crippen LogP contribution in [0.3, 0.4) is 0 Å². The minimum Gasteiger partial charge on any atom is -0.493 e. The van der Waals surface area contributed by atoms with Gasteiger partial charge in [-0.05, 0) is 66.1 Å². The van der Waals surface area contributed by atoms with Gasteiger partial charge in [-0.1, -0.05) is 68.9 Å². The maximum absolute atomic E-state index is 6.07. The highest BCUT2D eigenvalue weighted by atomic mass is 79.9. The molecule has 0 aliphatic carbocycles. The van der Waals surface area contributed by atoms with E-state index >= 15 is 0 Å². The Hall–Kier alpha value is -1.43. The van der Waals surface area contributed by atoms with Crippen LogP contribution in [-0.4, -0.2) is 13.7 Å². The molecule has 0 heterocycles. The predicted molar refractivity (Wildman–Crippen MR) is 128 cm³/mol. The lowest BCUT2D eigenvalue weighted by atomic mass is 10.1. The van der Waals surface area contributed by atoms with Crippen LogP contribution in [0.1, 0.15) is 16.7 Å². The molecule has 158 valence electrons. The Morgan fingerprint density at radius 2 is 1.60 bits per heavy atom. The molecule has 3 nitrogen and oxygen atoms in total. The molecule has 0 aliphatic rings. The molecule has 1 N–H and O–H groups in total. The Morgan fingerprint density at radius 3 is 2.30 bits per heavy atom. The molecule has 0 saturated heterocycles. The van der Waals surface area contributed by atoms with E-state index in [0.29, 0.717) is 34.7 Å². The zero-order valence-electron chi connectivity index (χ0n) is 16.4. The number of halogens is 4. The van der Waals surface area contributed by atoms with E-state index in [-0.39, 0.29) is 0 Å². The van der Waals surface area contributed by atoms with Gasteiger partial charge in [-0.3, -0.25) is 0 Å². The van der Waals surface area contributed by atoms with Gasteiger partial charge in [0.1, 0.15) is 6.61 Å². The van der Waals surface area contributed by atoms with E-state index in [2.05, 4.69) is 21.2 Å². The minimum atomic E-state index is 0.360. The molecule has 0 saturated carbocycles. The number of ether oxygens (including phenoxy) is 2. The summed E-state index contributed by atoms with van der Waals surface area (Å²) in [5.41, 5.74) is 3.26. The van der Waals surface area contributed by atoms with Crippen LogP contribution in [-0.2, 0) is 19.6 Å². The Bertz CT molecular complexity index is 996. The molecule has 0 fully saturated rings. The summed E-state index contributed by atoms with van der Waals surface area (Å²) >= 11 is 21.6. The van der Waals surface area contributed by atoms with Gasteiger partial charge in [0.15, 0.2) is 11.5 Å². The Morgan fingerprint density at radius 1 is 0.867 bits per heavy atom. The highest BCUT2D eigenvalue weighted by Gasteiger charge is 2.11. The zero-order chi connectivity index (χ0) is 21.5. The van der Waals surface area contributed by atoms with E-state index < -0.39 is 0 Å². The largest absolute Gasteiger partial charge is 0.493 e. The molecule has 0 atom stereocenters. The van der Waals surface area contributed by atoms with E-state index in [9.17, 15) is 0 Å². The zero-order valence-corrected chi connectivity index (χ0v) is 20.2. The summed E-state index contributed by atoms with van der Waals surface area (Å²) < 4.78 is 12.4. The number of nitrogens with one attached hydrogen (secondary N) is 1. The maximum Gasteiger partial charge on any atom is 0.162 e. The third-order valence-corrected chi connectivity index (χ3v) is 6.26. The second kappa shape index (κ2) is 11.3. The van der Waals surface area contributed by atoms with Crippen LogP contribution >= 0.6 is 50.7 Å². The molecule has 0 aliphatic heterocycles. The highest BCUT2D eigenvalue weighted by molar-refractivity contribution is 9.10. The van der Waals surface area contributed by atoms with Gasteiger partial charge >= 0.3 is 0 Å².